The van der Waals surface area contributed by atoms with Gasteiger partial charge in [0.05, 0.1) is 15.6 Å². The average molecular weight is 402 g/mol. The van der Waals surface area contributed by atoms with Crippen LogP contribution in [0.5, 0.6) is 0 Å². The fourth-order valence-corrected chi connectivity index (χ4v) is 3.92. The predicted molar refractivity (Wildman–Crippen MR) is 107 cm³/mol. The SMILES string of the molecule is O=C(O)c1cn(C2CCC2)c2ccc(Cc3cccc(Cl)c3Cl)cc2c1=O. The van der Waals surface area contributed by atoms with Crippen molar-refractivity contribution in [2.45, 2.75) is 31.7 Å². The van der Waals surface area contributed by atoms with Crippen LogP contribution >= 0.6 is 23.2 Å². The third-order valence-electron chi connectivity index (χ3n) is 5.22. The summed E-state index contributed by atoms with van der Waals surface area (Å²) < 4.78 is 1.94. The van der Waals surface area contributed by atoms with Gasteiger partial charge in [0.1, 0.15) is 5.56 Å². The number of rotatable bonds is 4. The molecule has 0 spiro atoms. The Morgan fingerprint density at radius 2 is 1.96 bits per heavy atom. The van der Waals surface area contributed by atoms with E-state index in [1.165, 1.54) is 6.20 Å². The molecule has 1 heterocycles. The zero-order chi connectivity index (χ0) is 19.1. The van der Waals surface area contributed by atoms with Gasteiger partial charge in [0, 0.05) is 17.6 Å². The summed E-state index contributed by atoms with van der Waals surface area (Å²) in [5.41, 5.74) is 1.87. The van der Waals surface area contributed by atoms with Crippen LogP contribution in [0.2, 0.25) is 10.0 Å². The van der Waals surface area contributed by atoms with Gasteiger partial charge in [0.25, 0.3) is 0 Å². The predicted octanol–water partition coefficient (Wildman–Crippen LogP) is 5.32. The molecule has 0 amide bonds. The van der Waals surface area contributed by atoms with Crippen LogP contribution in [-0.2, 0) is 6.42 Å². The fourth-order valence-electron chi connectivity index (χ4n) is 3.54. The van der Waals surface area contributed by atoms with Gasteiger partial charge in [0.2, 0.25) is 5.43 Å². The van der Waals surface area contributed by atoms with Crippen LogP contribution in [0.15, 0.2) is 47.4 Å². The first-order valence-corrected chi connectivity index (χ1v) is 9.55. The van der Waals surface area contributed by atoms with Crippen LogP contribution < -0.4 is 5.43 Å². The van der Waals surface area contributed by atoms with E-state index in [9.17, 15) is 14.7 Å². The minimum absolute atomic E-state index is 0.188. The van der Waals surface area contributed by atoms with Gasteiger partial charge >= 0.3 is 5.97 Å². The lowest BCUT2D eigenvalue weighted by Crippen LogP contribution is -2.24. The maximum atomic E-state index is 12.7. The van der Waals surface area contributed by atoms with Crippen LogP contribution in [0, 0.1) is 0 Å². The Morgan fingerprint density at radius 1 is 1.19 bits per heavy atom. The highest BCUT2D eigenvalue weighted by Gasteiger charge is 2.23. The van der Waals surface area contributed by atoms with E-state index in [1.54, 1.807) is 12.1 Å². The highest BCUT2D eigenvalue weighted by Crippen LogP contribution is 2.34. The number of carboxylic acids is 1. The van der Waals surface area contributed by atoms with Gasteiger partial charge in [-0.2, -0.15) is 0 Å². The lowest BCUT2D eigenvalue weighted by atomic mass is 9.91. The second-order valence-electron chi connectivity index (χ2n) is 6.91. The van der Waals surface area contributed by atoms with Gasteiger partial charge in [-0.3, -0.25) is 4.79 Å². The molecule has 1 N–H and O–H groups in total. The molecule has 0 radical (unpaired) electrons. The van der Waals surface area contributed by atoms with E-state index < -0.39 is 11.4 Å². The first kappa shape index (κ1) is 18.1. The van der Waals surface area contributed by atoms with Crippen LogP contribution in [-0.4, -0.2) is 15.6 Å². The molecule has 2 aromatic carbocycles. The molecule has 1 saturated carbocycles. The van der Waals surface area contributed by atoms with E-state index in [4.69, 9.17) is 23.2 Å². The normalized spacial score (nSPS) is 14.3. The zero-order valence-corrected chi connectivity index (χ0v) is 15.9. The molecule has 0 saturated heterocycles. The number of hydrogen-bond acceptors (Lipinski definition) is 2. The van der Waals surface area contributed by atoms with E-state index in [0.29, 0.717) is 21.9 Å². The van der Waals surface area contributed by atoms with Crippen LogP contribution in [0.4, 0.5) is 0 Å². The van der Waals surface area contributed by atoms with Gasteiger partial charge in [0.15, 0.2) is 0 Å². The summed E-state index contributed by atoms with van der Waals surface area (Å²) in [5, 5.41) is 10.8. The molecule has 4 rings (SSSR count). The number of pyridine rings is 1. The Morgan fingerprint density at radius 3 is 2.63 bits per heavy atom. The third-order valence-corrected chi connectivity index (χ3v) is 6.08. The van der Waals surface area contributed by atoms with Crippen LogP contribution in [0.25, 0.3) is 10.9 Å². The largest absolute Gasteiger partial charge is 0.477 e. The Hall–Kier alpha value is -2.30. The quantitative estimate of drug-likeness (QED) is 0.643. The number of carbonyl (C=O) groups is 1. The maximum Gasteiger partial charge on any atom is 0.341 e. The highest BCUT2D eigenvalue weighted by molar-refractivity contribution is 6.42. The number of benzene rings is 2. The summed E-state index contributed by atoms with van der Waals surface area (Å²) in [7, 11) is 0. The second-order valence-corrected chi connectivity index (χ2v) is 7.70. The van der Waals surface area contributed by atoms with E-state index >= 15 is 0 Å². The monoisotopic (exact) mass is 401 g/mol. The summed E-state index contributed by atoms with van der Waals surface area (Å²) in [4.78, 5) is 24.3. The van der Waals surface area contributed by atoms with Crippen molar-refractivity contribution in [3.8, 4) is 0 Å². The Labute approximate surface area is 166 Å². The van der Waals surface area contributed by atoms with Gasteiger partial charge in [-0.15, -0.1) is 0 Å². The molecule has 1 aliphatic rings. The molecule has 0 aliphatic heterocycles. The standard InChI is InChI=1S/C21H17Cl2NO3/c22-17-6-1-3-13(19(17)23)9-12-7-8-18-15(10-12)20(25)16(21(26)27)11-24(18)14-4-2-5-14/h1,3,6-8,10-11,14H,2,4-5,9H2,(H,26,27). The summed E-state index contributed by atoms with van der Waals surface area (Å²) in [6.07, 6.45) is 5.11. The van der Waals surface area contributed by atoms with Crippen molar-refractivity contribution >= 4 is 40.1 Å². The maximum absolute atomic E-state index is 12.7. The first-order valence-electron chi connectivity index (χ1n) is 8.79. The molecule has 0 atom stereocenters. The van der Waals surface area contributed by atoms with E-state index in [-0.39, 0.29) is 11.6 Å². The van der Waals surface area contributed by atoms with Crippen molar-refractivity contribution in [3.63, 3.8) is 0 Å². The topological polar surface area (TPSA) is 59.3 Å². The van der Waals surface area contributed by atoms with Crippen molar-refractivity contribution < 1.29 is 9.90 Å². The second kappa shape index (κ2) is 7.02. The molecule has 4 nitrogen and oxygen atoms in total. The van der Waals surface area contributed by atoms with Gasteiger partial charge in [-0.05, 0) is 55.0 Å². The summed E-state index contributed by atoms with van der Waals surface area (Å²) in [6.45, 7) is 0. The molecular formula is C21H17Cl2NO3. The van der Waals surface area contributed by atoms with Crippen LogP contribution in [0.1, 0.15) is 46.8 Å². The average Bonchev–Trinajstić information content (AvgIpc) is 2.59. The molecule has 6 heteroatoms. The number of fused-ring (bicyclic) bond motifs is 1. The third kappa shape index (κ3) is 3.24. The van der Waals surface area contributed by atoms with Crippen molar-refractivity contribution in [1.82, 2.24) is 4.57 Å². The molecule has 0 bridgehead atoms. The summed E-state index contributed by atoms with van der Waals surface area (Å²) >= 11 is 12.4. The molecule has 0 unspecified atom stereocenters. The number of aromatic nitrogens is 1. The molecule has 1 fully saturated rings. The van der Waals surface area contributed by atoms with E-state index in [0.717, 1.165) is 35.9 Å². The number of carboxylic acid groups (broad SMARTS) is 1. The minimum atomic E-state index is -1.20. The van der Waals surface area contributed by atoms with Crippen molar-refractivity contribution in [2.75, 3.05) is 0 Å². The number of nitrogens with zero attached hydrogens (tertiary/aromatic N) is 1. The molecule has 3 aromatic rings. The Kier molecular flexibility index (Phi) is 4.70. The molecule has 27 heavy (non-hydrogen) atoms. The lowest BCUT2D eigenvalue weighted by molar-refractivity contribution is 0.0694. The zero-order valence-electron chi connectivity index (χ0n) is 14.4. The lowest BCUT2D eigenvalue weighted by Gasteiger charge is -2.30. The smallest absolute Gasteiger partial charge is 0.341 e. The fraction of sp³-hybridized carbons (Fsp3) is 0.238. The van der Waals surface area contributed by atoms with Gasteiger partial charge in [-0.1, -0.05) is 41.4 Å². The molecule has 138 valence electrons. The molecule has 1 aromatic heterocycles. The summed E-state index contributed by atoms with van der Waals surface area (Å²) in [5.74, 6) is -1.20. The molecule has 1 aliphatic carbocycles. The highest BCUT2D eigenvalue weighted by atomic mass is 35.5. The van der Waals surface area contributed by atoms with E-state index in [2.05, 4.69) is 0 Å². The number of halogens is 2. The number of hydrogen-bond donors (Lipinski definition) is 1. The Bertz CT molecular complexity index is 1120. The van der Waals surface area contributed by atoms with E-state index in [1.807, 2.05) is 28.8 Å². The van der Waals surface area contributed by atoms with Crippen LogP contribution in [0.3, 0.4) is 0 Å². The number of aromatic carboxylic acids is 1. The Balaban J connectivity index is 1.85. The van der Waals surface area contributed by atoms with Crippen molar-refractivity contribution in [1.29, 1.82) is 0 Å². The van der Waals surface area contributed by atoms with Gasteiger partial charge < -0.3 is 9.67 Å². The van der Waals surface area contributed by atoms with Crippen molar-refractivity contribution in [2.24, 2.45) is 0 Å². The van der Waals surface area contributed by atoms with Gasteiger partial charge in [-0.25, -0.2) is 4.79 Å². The summed E-state index contributed by atoms with van der Waals surface area (Å²) in [6, 6.07) is 11.3. The minimum Gasteiger partial charge on any atom is -0.477 e. The first-order chi connectivity index (χ1) is 13.0. The molecular weight excluding hydrogens is 385 g/mol. The van der Waals surface area contributed by atoms with Crippen molar-refractivity contribution in [3.05, 3.63) is 79.6 Å².